The van der Waals surface area contributed by atoms with Gasteiger partial charge in [-0.3, -0.25) is 9.69 Å². The molecule has 94 valence electrons. The van der Waals surface area contributed by atoms with Crippen LogP contribution in [-0.2, 0) is 4.79 Å². The van der Waals surface area contributed by atoms with Gasteiger partial charge in [-0.25, -0.2) is 0 Å². The molecule has 1 saturated heterocycles. The Morgan fingerprint density at radius 1 is 1.25 bits per heavy atom. The Hall–Kier alpha value is -0.370. The average Bonchev–Trinajstić information content (AvgIpc) is 2.23. The summed E-state index contributed by atoms with van der Waals surface area (Å²) in [5.41, 5.74) is 0. The van der Waals surface area contributed by atoms with Crippen LogP contribution in [0.1, 0.15) is 53.9 Å². The van der Waals surface area contributed by atoms with Crippen LogP contribution in [0.5, 0.6) is 0 Å². The van der Waals surface area contributed by atoms with Crippen molar-refractivity contribution in [1.82, 2.24) is 4.90 Å². The van der Waals surface area contributed by atoms with E-state index < -0.39 is 0 Å². The van der Waals surface area contributed by atoms with Crippen molar-refractivity contribution in [3.8, 4) is 0 Å². The zero-order valence-electron chi connectivity index (χ0n) is 11.5. The Morgan fingerprint density at radius 2 is 1.88 bits per heavy atom. The van der Waals surface area contributed by atoms with Crippen LogP contribution in [0.4, 0.5) is 0 Å². The standard InChI is InChI=1S/C14H27NO/c1-10(2)6-7-11(3)15-9-8-14(16)12(4)13(15)5/h10-13H,6-9H2,1-5H3. The lowest BCUT2D eigenvalue weighted by Crippen LogP contribution is -2.50. The Kier molecular flexibility index (Phi) is 4.97. The Bertz CT molecular complexity index is 237. The number of rotatable bonds is 4. The highest BCUT2D eigenvalue weighted by Crippen LogP contribution is 2.24. The van der Waals surface area contributed by atoms with E-state index in [2.05, 4.69) is 39.5 Å². The molecular formula is C14H27NO. The quantitative estimate of drug-likeness (QED) is 0.732. The third-order valence-corrected chi connectivity index (χ3v) is 4.10. The summed E-state index contributed by atoms with van der Waals surface area (Å²) < 4.78 is 0. The van der Waals surface area contributed by atoms with E-state index >= 15 is 0 Å². The zero-order valence-corrected chi connectivity index (χ0v) is 11.5. The largest absolute Gasteiger partial charge is 0.299 e. The fourth-order valence-electron chi connectivity index (χ4n) is 2.59. The monoisotopic (exact) mass is 225 g/mol. The summed E-state index contributed by atoms with van der Waals surface area (Å²) in [6.07, 6.45) is 3.28. The van der Waals surface area contributed by atoms with Crippen molar-refractivity contribution in [2.75, 3.05) is 6.54 Å². The van der Waals surface area contributed by atoms with Gasteiger partial charge in [0.15, 0.2) is 0 Å². The van der Waals surface area contributed by atoms with Crippen molar-refractivity contribution in [3.05, 3.63) is 0 Å². The Balaban J connectivity index is 2.49. The number of hydrogen-bond acceptors (Lipinski definition) is 2. The number of carbonyl (C=O) groups excluding carboxylic acids is 1. The molecule has 0 radical (unpaired) electrons. The molecular weight excluding hydrogens is 198 g/mol. The summed E-state index contributed by atoms with van der Waals surface area (Å²) in [5.74, 6) is 1.44. The molecule has 0 aromatic rings. The first-order chi connectivity index (χ1) is 7.43. The van der Waals surface area contributed by atoms with Gasteiger partial charge in [0.25, 0.3) is 0 Å². The molecule has 2 nitrogen and oxygen atoms in total. The fraction of sp³-hybridized carbons (Fsp3) is 0.929. The molecule has 1 fully saturated rings. The fourth-order valence-corrected chi connectivity index (χ4v) is 2.59. The summed E-state index contributed by atoms with van der Waals surface area (Å²) in [7, 11) is 0. The van der Waals surface area contributed by atoms with Gasteiger partial charge in [0, 0.05) is 31.0 Å². The minimum absolute atomic E-state index is 0.218. The second kappa shape index (κ2) is 5.81. The molecule has 0 bridgehead atoms. The van der Waals surface area contributed by atoms with Crippen molar-refractivity contribution in [1.29, 1.82) is 0 Å². The van der Waals surface area contributed by atoms with Crippen molar-refractivity contribution < 1.29 is 4.79 Å². The lowest BCUT2D eigenvalue weighted by Gasteiger charge is -2.41. The number of carbonyl (C=O) groups is 1. The molecule has 2 heteroatoms. The molecule has 1 aliphatic rings. The molecule has 16 heavy (non-hydrogen) atoms. The van der Waals surface area contributed by atoms with Gasteiger partial charge in [-0.15, -0.1) is 0 Å². The summed E-state index contributed by atoms with van der Waals surface area (Å²) in [4.78, 5) is 14.1. The molecule has 0 aromatic carbocycles. The van der Waals surface area contributed by atoms with E-state index in [9.17, 15) is 4.79 Å². The van der Waals surface area contributed by atoms with Gasteiger partial charge in [-0.1, -0.05) is 20.8 Å². The van der Waals surface area contributed by atoms with Crippen molar-refractivity contribution >= 4 is 5.78 Å². The molecule has 0 saturated carbocycles. The van der Waals surface area contributed by atoms with Crippen LogP contribution in [0.2, 0.25) is 0 Å². The number of ketones is 1. The number of Topliss-reactive ketones (excluding diaryl/α,β-unsaturated/α-hetero) is 1. The molecule has 0 amide bonds. The average molecular weight is 225 g/mol. The van der Waals surface area contributed by atoms with Crippen LogP contribution in [0.3, 0.4) is 0 Å². The normalized spacial score (nSPS) is 29.8. The van der Waals surface area contributed by atoms with Gasteiger partial charge in [0.1, 0.15) is 5.78 Å². The highest BCUT2D eigenvalue weighted by Gasteiger charge is 2.32. The lowest BCUT2D eigenvalue weighted by molar-refractivity contribution is -0.128. The minimum Gasteiger partial charge on any atom is -0.299 e. The van der Waals surface area contributed by atoms with Gasteiger partial charge in [-0.2, -0.15) is 0 Å². The van der Waals surface area contributed by atoms with Crippen LogP contribution in [0, 0.1) is 11.8 Å². The van der Waals surface area contributed by atoms with Crippen molar-refractivity contribution in [3.63, 3.8) is 0 Å². The summed E-state index contributed by atoms with van der Waals surface area (Å²) >= 11 is 0. The van der Waals surface area contributed by atoms with Gasteiger partial charge in [-0.05, 0) is 32.6 Å². The molecule has 3 unspecified atom stereocenters. The summed E-state index contributed by atoms with van der Waals surface area (Å²) in [6.45, 7) is 12.1. The zero-order chi connectivity index (χ0) is 12.3. The van der Waals surface area contributed by atoms with E-state index in [0.717, 1.165) is 18.9 Å². The van der Waals surface area contributed by atoms with E-state index in [-0.39, 0.29) is 5.92 Å². The van der Waals surface area contributed by atoms with E-state index in [1.54, 1.807) is 0 Å². The molecule has 0 spiro atoms. The molecule has 0 N–H and O–H groups in total. The van der Waals surface area contributed by atoms with E-state index in [0.29, 0.717) is 17.9 Å². The van der Waals surface area contributed by atoms with Gasteiger partial charge < -0.3 is 0 Å². The molecule has 0 aromatic heterocycles. The predicted octanol–water partition coefficient (Wildman–Crippen LogP) is 3.11. The van der Waals surface area contributed by atoms with Crippen molar-refractivity contribution in [2.45, 2.75) is 66.0 Å². The first-order valence-electron chi connectivity index (χ1n) is 6.72. The third-order valence-electron chi connectivity index (χ3n) is 4.10. The molecule has 1 heterocycles. The lowest BCUT2D eigenvalue weighted by atomic mass is 9.88. The molecule has 1 rings (SSSR count). The molecule has 0 aliphatic carbocycles. The second-order valence-electron chi connectivity index (χ2n) is 5.80. The maximum Gasteiger partial charge on any atom is 0.138 e. The predicted molar refractivity (Wildman–Crippen MR) is 68.5 cm³/mol. The maximum atomic E-state index is 11.6. The molecule has 1 aliphatic heterocycles. The number of hydrogen-bond donors (Lipinski definition) is 0. The summed E-state index contributed by atoms with van der Waals surface area (Å²) in [6, 6.07) is 1.04. The maximum absolute atomic E-state index is 11.6. The van der Waals surface area contributed by atoms with Crippen LogP contribution in [0.25, 0.3) is 0 Å². The van der Waals surface area contributed by atoms with Crippen LogP contribution >= 0.6 is 0 Å². The Morgan fingerprint density at radius 3 is 2.44 bits per heavy atom. The minimum atomic E-state index is 0.218. The van der Waals surface area contributed by atoms with E-state index in [1.165, 1.54) is 12.8 Å². The highest BCUT2D eigenvalue weighted by molar-refractivity contribution is 5.82. The van der Waals surface area contributed by atoms with Crippen LogP contribution in [0.15, 0.2) is 0 Å². The van der Waals surface area contributed by atoms with Crippen LogP contribution < -0.4 is 0 Å². The van der Waals surface area contributed by atoms with Crippen LogP contribution in [-0.4, -0.2) is 29.3 Å². The first-order valence-corrected chi connectivity index (χ1v) is 6.72. The van der Waals surface area contributed by atoms with Gasteiger partial charge >= 0.3 is 0 Å². The first kappa shape index (κ1) is 13.7. The Labute approximate surface area is 100 Å². The smallest absolute Gasteiger partial charge is 0.138 e. The highest BCUT2D eigenvalue weighted by atomic mass is 16.1. The number of nitrogens with zero attached hydrogens (tertiary/aromatic N) is 1. The second-order valence-corrected chi connectivity index (χ2v) is 5.80. The third kappa shape index (κ3) is 3.31. The topological polar surface area (TPSA) is 20.3 Å². The number of likely N-dealkylation sites (tertiary alicyclic amines) is 1. The number of piperidine rings is 1. The van der Waals surface area contributed by atoms with Gasteiger partial charge in [0.05, 0.1) is 0 Å². The molecule has 3 atom stereocenters. The SMILES string of the molecule is CC(C)CCC(C)N1CCC(=O)C(C)C1C. The van der Waals surface area contributed by atoms with Gasteiger partial charge in [0.2, 0.25) is 0 Å². The van der Waals surface area contributed by atoms with E-state index in [1.807, 2.05) is 0 Å². The van der Waals surface area contributed by atoms with Crippen molar-refractivity contribution in [2.24, 2.45) is 11.8 Å². The summed E-state index contributed by atoms with van der Waals surface area (Å²) in [5, 5.41) is 0. The van der Waals surface area contributed by atoms with E-state index in [4.69, 9.17) is 0 Å².